The molecule has 1 aliphatic rings. The number of benzene rings is 3. The third-order valence-electron chi connectivity index (χ3n) is 5.07. The molecule has 1 atom stereocenters. The smallest absolute Gasteiger partial charge is 0.126 e. The van der Waals surface area contributed by atoms with Gasteiger partial charge in [-0.25, -0.2) is 0 Å². The average Bonchev–Trinajstić information content (AvgIpc) is 2.67. The van der Waals surface area contributed by atoms with Gasteiger partial charge in [0.2, 0.25) is 0 Å². The number of methoxy groups -OCH3 is 1. The summed E-state index contributed by atoms with van der Waals surface area (Å²) in [5, 5.41) is 0. The van der Waals surface area contributed by atoms with Crippen LogP contribution in [0.4, 0.5) is 0 Å². The second-order valence-electron chi connectivity index (χ2n) is 6.77. The van der Waals surface area contributed by atoms with Crippen molar-refractivity contribution in [2.75, 3.05) is 20.7 Å². The average molecular weight is 329 g/mol. The number of nitrogens with zero attached hydrogens (tertiary/aromatic N) is 1. The molecule has 0 unspecified atom stereocenters. The topological polar surface area (TPSA) is 12.5 Å². The predicted octanol–water partition coefficient (Wildman–Crippen LogP) is 4.94. The van der Waals surface area contributed by atoms with Crippen LogP contribution in [-0.4, -0.2) is 25.6 Å². The van der Waals surface area contributed by atoms with Crippen molar-refractivity contribution >= 4 is 0 Å². The summed E-state index contributed by atoms with van der Waals surface area (Å²) in [5.74, 6) is 1.35. The molecule has 2 heteroatoms. The van der Waals surface area contributed by atoms with Crippen LogP contribution in [0.5, 0.6) is 5.75 Å². The molecule has 1 heterocycles. The Balaban J connectivity index is 1.78. The van der Waals surface area contributed by atoms with Gasteiger partial charge in [-0.15, -0.1) is 0 Å². The first-order valence-corrected chi connectivity index (χ1v) is 8.76. The molecule has 0 aromatic heterocycles. The number of hydrogen-bond acceptors (Lipinski definition) is 2. The highest BCUT2D eigenvalue weighted by Gasteiger charge is 2.25. The summed E-state index contributed by atoms with van der Waals surface area (Å²) in [6.07, 6.45) is 0. The lowest BCUT2D eigenvalue weighted by Gasteiger charge is -2.33. The minimum absolute atomic E-state index is 0.432. The lowest BCUT2D eigenvalue weighted by molar-refractivity contribution is 0.295. The Morgan fingerprint density at radius 1 is 0.920 bits per heavy atom. The van der Waals surface area contributed by atoms with Gasteiger partial charge >= 0.3 is 0 Å². The van der Waals surface area contributed by atoms with Crippen LogP contribution in [0.3, 0.4) is 0 Å². The maximum Gasteiger partial charge on any atom is 0.126 e. The summed E-state index contributed by atoms with van der Waals surface area (Å²) in [5.41, 5.74) is 6.62. The molecule has 0 radical (unpaired) electrons. The molecule has 0 amide bonds. The SMILES string of the molecule is COc1ccccc1-c1ccc2c(c1)CN(C)C[C@H]2c1ccccc1. The third-order valence-corrected chi connectivity index (χ3v) is 5.07. The number of rotatable bonds is 3. The molecule has 0 saturated heterocycles. The van der Waals surface area contributed by atoms with Gasteiger partial charge in [-0.1, -0.05) is 60.7 Å². The van der Waals surface area contributed by atoms with Gasteiger partial charge in [0.05, 0.1) is 7.11 Å². The van der Waals surface area contributed by atoms with Crippen LogP contribution in [0.2, 0.25) is 0 Å². The molecule has 25 heavy (non-hydrogen) atoms. The largest absolute Gasteiger partial charge is 0.496 e. The maximum absolute atomic E-state index is 5.54. The Kier molecular flexibility index (Phi) is 4.29. The first-order valence-electron chi connectivity index (χ1n) is 8.76. The number of fused-ring (bicyclic) bond motifs is 1. The van der Waals surface area contributed by atoms with Gasteiger partial charge in [-0.2, -0.15) is 0 Å². The Hall–Kier alpha value is -2.58. The fourth-order valence-electron chi connectivity index (χ4n) is 3.87. The second kappa shape index (κ2) is 6.73. The van der Waals surface area contributed by atoms with E-state index in [0.717, 1.165) is 24.4 Å². The van der Waals surface area contributed by atoms with Crippen molar-refractivity contribution in [1.29, 1.82) is 0 Å². The fourth-order valence-corrected chi connectivity index (χ4v) is 3.87. The van der Waals surface area contributed by atoms with Gasteiger partial charge in [0.25, 0.3) is 0 Å². The van der Waals surface area contributed by atoms with E-state index < -0.39 is 0 Å². The fraction of sp³-hybridized carbons (Fsp3) is 0.217. The third kappa shape index (κ3) is 3.06. The minimum Gasteiger partial charge on any atom is -0.496 e. The number of hydrogen-bond donors (Lipinski definition) is 0. The van der Waals surface area contributed by atoms with Crippen molar-refractivity contribution in [3.8, 4) is 16.9 Å². The van der Waals surface area contributed by atoms with E-state index in [2.05, 4.69) is 72.6 Å². The lowest BCUT2D eigenvalue weighted by Crippen LogP contribution is -2.30. The summed E-state index contributed by atoms with van der Waals surface area (Å²) in [6.45, 7) is 2.05. The molecule has 0 spiro atoms. The lowest BCUT2D eigenvalue weighted by atomic mass is 9.83. The molecule has 0 fully saturated rings. The molecule has 4 rings (SSSR count). The maximum atomic E-state index is 5.54. The van der Waals surface area contributed by atoms with Gasteiger partial charge in [-0.05, 0) is 41.4 Å². The van der Waals surface area contributed by atoms with Crippen molar-refractivity contribution in [3.63, 3.8) is 0 Å². The van der Waals surface area contributed by atoms with Gasteiger partial charge in [0.15, 0.2) is 0 Å². The van der Waals surface area contributed by atoms with Crippen molar-refractivity contribution < 1.29 is 4.74 Å². The summed E-state index contributed by atoms with van der Waals surface area (Å²) >= 11 is 0. The van der Waals surface area contributed by atoms with Crippen LogP contribution in [0.15, 0.2) is 72.8 Å². The Bertz CT molecular complexity index is 872. The number of likely N-dealkylation sites (N-methyl/N-ethyl adjacent to an activating group) is 1. The van der Waals surface area contributed by atoms with Gasteiger partial charge in [0, 0.05) is 24.6 Å². The van der Waals surface area contributed by atoms with Crippen LogP contribution in [0, 0.1) is 0 Å². The molecule has 126 valence electrons. The zero-order valence-electron chi connectivity index (χ0n) is 14.8. The van der Waals surface area contributed by atoms with Gasteiger partial charge in [0.1, 0.15) is 5.75 Å². The Labute approximate surface area is 149 Å². The zero-order valence-corrected chi connectivity index (χ0v) is 14.8. The molecular weight excluding hydrogens is 306 g/mol. The van der Waals surface area contributed by atoms with Crippen LogP contribution < -0.4 is 4.74 Å². The molecule has 2 nitrogen and oxygen atoms in total. The quantitative estimate of drug-likeness (QED) is 0.675. The zero-order chi connectivity index (χ0) is 17.2. The Morgan fingerprint density at radius 3 is 2.48 bits per heavy atom. The molecule has 0 bridgehead atoms. The highest BCUT2D eigenvalue weighted by atomic mass is 16.5. The molecule has 1 aliphatic heterocycles. The molecular formula is C23H23NO. The highest BCUT2D eigenvalue weighted by Crippen LogP contribution is 2.37. The molecule has 3 aromatic carbocycles. The second-order valence-corrected chi connectivity index (χ2v) is 6.77. The molecule has 0 N–H and O–H groups in total. The normalized spacial score (nSPS) is 17.1. The molecule has 3 aromatic rings. The van der Waals surface area contributed by atoms with Crippen molar-refractivity contribution in [1.82, 2.24) is 4.90 Å². The molecule has 0 aliphatic carbocycles. The van der Waals surface area contributed by atoms with Gasteiger partial charge in [-0.3, -0.25) is 0 Å². The van der Waals surface area contributed by atoms with E-state index in [4.69, 9.17) is 4.74 Å². The minimum atomic E-state index is 0.432. The van der Waals surface area contributed by atoms with Crippen LogP contribution in [0.1, 0.15) is 22.6 Å². The number of ether oxygens (including phenoxy) is 1. The van der Waals surface area contributed by atoms with Gasteiger partial charge < -0.3 is 9.64 Å². The van der Waals surface area contributed by atoms with Crippen molar-refractivity contribution in [3.05, 3.63) is 89.5 Å². The predicted molar refractivity (Wildman–Crippen MR) is 103 cm³/mol. The Morgan fingerprint density at radius 2 is 1.68 bits per heavy atom. The highest BCUT2D eigenvalue weighted by molar-refractivity contribution is 5.71. The van der Waals surface area contributed by atoms with E-state index in [9.17, 15) is 0 Å². The first-order chi connectivity index (χ1) is 12.3. The van der Waals surface area contributed by atoms with Crippen molar-refractivity contribution in [2.45, 2.75) is 12.5 Å². The summed E-state index contributed by atoms with van der Waals surface area (Å²) in [4.78, 5) is 2.41. The summed E-state index contributed by atoms with van der Waals surface area (Å²) in [7, 11) is 3.94. The van der Waals surface area contributed by atoms with Crippen molar-refractivity contribution in [2.24, 2.45) is 0 Å². The number of para-hydroxylation sites is 1. The van der Waals surface area contributed by atoms with E-state index in [0.29, 0.717) is 5.92 Å². The van der Waals surface area contributed by atoms with E-state index in [-0.39, 0.29) is 0 Å². The van der Waals surface area contributed by atoms with Crippen LogP contribution >= 0.6 is 0 Å². The summed E-state index contributed by atoms with van der Waals surface area (Å²) < 4.78 is 5.54. The summed E-state index contributed by atoms with van der Waals surface area (Å²) in [6, 6.07) is 25.9. The monoisotopic (exact) mass is 329 g/mol. The van der Waals surface area contributed by atoms with E-state index in [1.54, 1.807) is 7.11 Å². The first kappa shape index (κ1) is 15.9. The van der Waals surface area contributed by atoms with E-state index in [1.807, 2.05) is 12.1 Å². The standard InChI is InChI=1S/C23H23NO/c1-24-15-19-14-18(21-10-6-7-11-23(21)25-2)12-13-20(19)22(16-24)17-8-4-3-5-9-17/h3-14,22H,15-16H2,1-2H3/t22-/m0/s1. The van der Waals surface area contributed by atoms with E-state index >= 15 is 0 Å². The van der Waals surface area contributed by atoms with Crippen LogP contribution in [0.25, 0.3) is 11.1 Å². The van der Waals surface area contributed by atoms with Crippen LogP contribution in [-0.2, 0) is 6.54 Å². The van der Waals surface area contributed by atoms with E-state index in [1.165, 1.54) is 22.3 Å². The molecule has 0 saturated carbocycles.